The van der Waals surface area contributed by atoms with Gasteiger partial charge in [-0.1, -0.05) is 0 Å². The van der Waals surface area contributed by atoms with Crippen molar-refractivity contribution >= 4 is 10.0 Å². The second-order valence-electron chi connectivity index (χ2n) is 3.27. The normalized spacial score (nSPS) is 14.6. The third-order valence-corrected chi connectivity index (χ3v) is 3.33. The molecule has 0 aromatic heterocycles. The van der Waals surface area contributed by atoms with Gasteiger partial charge in [0.2, 0.25) is 10.0 Å². The maximum absolute atomic E-state index is 11.1. The molecule has 5 nitrogen and oxygen atoms in total. The Morgan fingerprint density at radius 3 is 2.43 bits per heavy atom. The molecular weight excluding hydrogens is 206 g/mol. The fourth-order valence-electron chi connectivity index (χ4n) is 1.02. The number of hydrogen-bond acceptors (Lipinski definition) is 4. The van der Waals surface area contributed by atoms with E-state index in [1.807, 2.05) is 0 Å². The van der Waals surface area contributed by atoms with Crippen LogP contribution in [-0.2, 0) is 14.8 Å². The molecule has 6 heteroatoms. The van der Waals surface area contributed by atoms with E-state index in [9.17, 15) is 8.42 Å². The molecule has 0 aromatic rings. The van der Waals surface area contributed by atoms with Gasteiger partial charge in [-0.2, -0.15) is 0 Å². The molecule has 0 spiro atoms. The first-order valence-corrected chi connectivity index (χ1v) is 6.31. The van der Waals surface area contributed by atoms with Crippen molar-refractivity contribution in [3.63, 3.8) is 0 Å². The Kier molecular flexibility index (Phi) is 6.26. The zero-order valence-electron chi connectivity index (χ0n) is 8.93. The Balaban J connectivity index is 4.05. The number of ether oxygens (including phenoxy) is 1. The van der Waals surface area contributed by atoms with Crippen molar-refractivity contribution in [3.05, 3.63) is 0 Å². The Morgan fingerprint density at radius 1 is 1.50 bits per heavy atom. The molecule has 0 amide bonds. The van der Waals surface area contributed by atoms with Crippen LogP contribution < -0.4 is 0 Å². The minimum absolute atomic E-state index is 0.0997. The van der Waals surface area contributed by atoms with E-state index in [0.717, 1.165) is 6.26 Å². The minimum atomic E-state index is -3.14. The van der Waals surface area contributed by atoms with Crippen LogP contribution in [0.15, 0.2) is 0 Å². The molecule has 0 saturated heterocycles. The van der Waals surface area contributed by atoms with Gasteiger partial charge in [0.25, 0.3) is 0 Å². The summed E-state index contributed by atoms with van der Waals surface area (Å²) in [5, 5.41) is 8.62. The van der Waals surface area contributed by atoms with Gasteiger partial charge in [-0.3, -0.25) is 0 Å². The van der Waals surface area contributed by atoms with Gasteiger partial charge < -0.3 is 9.84 Å². The lowest BCUT2D eigenvalue weighted by atomic mass is 10.2. The topological polar surface area (TPSA) is 66.8 Å². The van der Waals surface area contributed by atoms with Gasteiger partial charge in [0.05, 0.1) is 12.4 Å². The molecule has 0 rings (SSSR count). The largest absolute Gasteiger partial charge is 0.396 e. The molecule has 0 fully saturated rings. The molecule has 0 bridgehead atoms. The molecule has 0 unspecified atom stereocenters. The van der Waals surface area contributed by atoms with E-state index in [0.29, 0.717) is 19.4 Å². The number of sulfonamides is 1. The monoisotopic (exact) mass is 225 g/mol. The van der Waals surface area contributed by atoms with Gasteiger partial charge >= 0.3 is 0 Å². The Morgan fingerprint density at radius 2 is 2.07 bits per heavy atom. The van der Waals surface area contributed by atoms with Gasteiger partial charge in [0.1, 0.15) is 0 Å². The molecule has 0 aliphatic rings. The Bertz CT molecular complexity index is 240. The van der Waals surface area contributed by atoms with Crippen molar-refractivity contribution in [2.45, 2.75) is 18.9 Å². The molecule has 0 heterocycles. The maximum atomic E-state index is 11.1. The van der Waals surface area contributed by atoms with E-state index < -0.39 is 10.0 Å². The van der Waals surface area contributed by atoms with Crippen LogP contribution in [0, 0.1) is 0 Å². The zero-order valence-corrected chi connectivity index (χ0v) is 9.75. The third kappa shape index (κ3) is 5.54. The molecule has 0 saturated carbocycles. The number of aliphatic hydroxyl groups is 1. The second-order valence-corrected chi connectivity index (χ2v) is 5.36. The standard InChI is InChI=1S/C8H19NO4S/c1-9(14(3,11)12)7-8(13-2)5-4-6-10/h8,10H,4-7H2,1-3H3/t8-/m0/s1. The van der Waals surface area contributed by atoms with Crippen LogP contribution in [0.2, 0.25) is 0 Å². The molecule has 0 aromatic carbocycles. The van der Waals surface area contributed by atoms with Gasteiger partial charge in [-0.05, 0) is 12.8 Å². The number of aliphatic hydroxyl groups excluding tert-OH is 1. The van der Waals surface area contributed by atoms with Crippen LogP contribution in [0.1, 0.15) is 12.8 Å². The second kappa shape index (κ2) is 6.34. The summed E-state index contributed by atoms with van der Waals surface area (Å²) in [5.74, 6) is 0. The fraction of sp³-hybridized carbons (Fsp3) is 1.00. The number of rotatable bonds is 7. The van der Waals surface area contributed by atoms with E-state index in [2.05, 4.69) is 0 Å². The molecule has 0 aliphatic carbocycles. The lowest BCUT2D eigenvalue weighted by molar-refractivity contribution is 0.0756. The van der Waals surface area contributed by atoms with Crippen molar-refractivity contribution in [3.8, 4) is 0 Å². The van der Waals surface area contributed by atoms with E-state index in [1.54, 1.807) is 0 Å². The molecule has 0 radical (unpaired) electrons. The first kappa shape index (κ1) is 13.8. The summed E-state index contributed by atoms with van der Waals surface area (Å²) in [5.41, 5.74) is 0. The summed E-state index contributed by atoms with van der Waals surface area (Å²) in [6, 6.07) is 0. The number of likely N-dealkylation sites (N-methyl/N-ethyl adjacent to an activating group) is 1. The third-order valence-electron chi connectivity index (χ3n) is 2.04. The maximum Gasteiger partial charge on any atom is 0.211 e. The van der Waals surface area contributed by atoms with Crippen LogP contribution in [0.5, 0.6) is 0 Å². The minimum Gasteiger partial charge on any atom is -0.396 e. The average Bonchev–Trinajstić information content (AvgIpc) is 2.10. The van der Waals surface area contributed by atoms with Crippen molar-refractivity contribution in [2.24, 2.45) is 0 Å². The summed E-state index contributed by atoms with van der Waals surface area (Å²) in [6.07, 6.45) is 2.29. The number of methoxy groups -OCH3 is 1. The molecular formula is C8H19NO4S. The smallest absolute Gasteiger partial charge is 0.211 e. The van der Waals surface area contributed by atoms with Crippen molar-refractivity contribution < 1.29 is 18.3 Å². The number of nitrogens with zero attached hydrogens (tertiary/aromatic N) is 1. The molecule has 0 aliphatic heterocycles. The zero-order chi connectivity index (χ0) is 11.2. The van der Waals surface area contributed by atoms with E-state index in [-0.39, 0.29) is 12.7 Å². The van der Waals surface area contributed by atoms with E-state index in [4.69, 9.17) is 9.84 Å². The van der Waals surface area contributed by atoms with Gasteiger partial charge in [-0.15, -0.1) is 0 Å². The van der Waals surface area contributed by atoms with Crippen molar-refractivity contribution in [1.82, 2.24) is 4.31 Å². The summed E-state index contributed by atoms with van der Waals surface area (Å²) in [4.78, 5) is 0. The molecule has 1 N–H and O–H groups in total. The van der Waals surface area contributed by atoms with Crippen molar-refractivity contribution in [1.29, 1.82) is 0 Å². The Labute approximate surface area is 85.7 Å². The first-order chi connectivity index (χ1) is 6.41. The molecule has 86 valence electrons. The van der Waals surface area contributed by atoms with Gasteiger partial charge in [0.15, 0.2) is 0 Å². The van der Waals surface area contributed by atoms with Crippen LogP contribution in [0.4, 0.5) is 0 Å². The van der Waals surface area contributed by atoms with Crippen LogP contribution >= 0.6 is 0 Å². The lowest BCUT2D eigenvalue weighted by Crippen LogP contribution is -2.34. The summed E-state index contributed by atoms with van der Waals surface area (Å²) < 4.78 is 28.5. The number of hydrogen-bond donors (Lipinski definition) is 1. The highest BCUT2D eigenvalue weighted by Gasteiger charge is 2.16. The average molecular weight is 225 g/mol. The van der Waals surface area contributed by atoms with E-state index >= 15 is 0 Å². The van der Waals surface area contributed by atoms with Crippen molar-refractivity contribution in [2.75, 3.05) is 33.6 Å². The SMILES string of the molecule is CO[C@@H](CCCO)CN(C)S(C)(=O)=O. The summed E-state index contributed by atoms with van der Waals surface area (Å²) >= 11 is 0. The fourth-order valence-corrected chi connectivity index (χ4v) is 1.46. The highest BCUT2D eigenvalue weighted by Crippen LogP contribution is 2.05. The highest BCUT2D eigenvalue weighted by atomic mass is 32.2. The quantitative estimate of drug-likeness (QED) is 0.644. The molecule has 1 atom stereocenters. The van der Waals surface area contributed by atoms with Gasteiger partial charge in [-0.25, -0.2) is 12.7 Å². The van der Waals surface area contributed by atoms with Crippen LogP contribution in [0.25, 0.3) is 0 Å². The predicted octanol–water partition coefficient (Wildman–Crippen LogP) is -0.335. The summed E-state index contributed by atoms with van der Waals surface area (Å²) in [7, 11) is -0.0882. The Hall–Kier alpha value is -0.170. The van der Waals surface area contributed by atoms with Crippen LogP contribution in [0.3, 0.4) is 0 Å². The molecule has 14 heavy (non-hydrogen) atoms. The van der Waals surface area contributed by atoms with Crippen LogP contribution in [-0.4, -0.2) is 57.5 Å². The first-order valence-electron chi connectivity index (χ1n) is 4.46. The summed E-state index contributed by atoms with van der Waals surface area (Å²) in [6.45, 7) is 0.428. The predicted molar refractivity (Wildman–Crippen MR) is 54.6 cm³/mol. The van der Waals surface area contributed by atoms with E-state index in [1.165, 1.54) is 18.5 Å². The van der Waals surface area contributed by atoms with Gasteiger partial charge in [0, 0.05) is 27.3 Å². The highest BCUT2D eigenvalue weighted by molar-refractivity contribution is 7.88. The lowest BCUT2D eigenvalue weighted by Gasteiger charge is -2.21.